The first-order valence-corrected chi connectivity index (χ1v) is 6.05. The van der Waals surface area contributed by atoms with E-state index in [4.69, 9.17) is 5.41 Å². The molecule has 0 aromatic carbocycles. The molecule has 0 aliphatic rings. The molecule has 0 saturated carbocycles. The largest absolute Gasteiger partial charge is 0.367 e. The molecule has 0 radical (unpaired) electrons. The van der Waals surface area contributed by atoms with E-state index in [-0.39, 0.29) is 0 Å². The Labute approximate surface area is 103 Å². The van der Waals surface area contributed by atoms with Crippen molar-refractivity contribution in [1.82, 2.24) is 4.98 Å². The van der Waals surface area contributed by atoms with Crippen molar-refractivity contribution < 1.29 is 0 Å². The normalized spacial score (nSPS) is 10.4. The Morgan fingerprint density at radius 2 is 2.24 bits per heavy atom. The summed E-state index contributed by atoms with van der Waals surface area (Å²) in [6.45, 7) is 10.0. The van der Waals surface area contributed by atoms with Crippen LogP contribution in [0.5, 0.6) is 0 Å². The molecule has 0 unspecified atom stereocenters. The molecule has 0 spiro atoms. The number of aromatic nitrogens is 1. The maximum atomic E-state index is 7.54. The predicted octanol–water partition coefficient (Wildman–Crippen LogP) is 3.50. The maximum Gasteiger partial charge on any atom is 0.135 e. The highest BCUT2D eigenvalue weighted by Gasteiger charge is 2.10. The van der Waals surface area contributed by atoms with Gasteiger partial charge < -0.3 is 10.7 Å². The fourth-order valence-electron chi connectivity index (χ4n) is 1.76. The second-order valence-corrected chi connectivity index (χ2v) is 4.37. The summed E-state index contributed by atoms with van der Waals surface area (Å²) in [7, 11) is 0. The van der Waals surface area contributed by atoms with Crippen molar-refractivity contribution in [1.29, 1.82) is 5.41 Å². The average Bonchev–Trinajstić information content (AvgIpc) is 2.28. The lowest BCUT2D eigenvalue weighted by atomic mass is 10.0. The Hall–Kier alpha value is -1.64. The molecule has 0 bridgehead atoms. The smallest absolute Gasteiger partial charge is 0.135 e. The van der Waals surface area contributed by atoms with E-state index in [1.54, 1.807) is 6.08 Å². The van der Waals surface area contributed by atoms with Crippen LogP contribution in [0.1, 0.15) is 44.0 Å². The quantitative estimate of drug-likeness (QED) is 0.736. The zero-order valence-electron chi connectivity index (χ0n) is 10.9. The summed E-state index contributed by atoms with van der Waals surface area (Å²) in [6.07, 6.45) is 5.15. The Bertz CT molecular complexity index is 408. The number of aryl methyl sites for hydroxylation is 1. The van der Waals surface area contributed by atoms with Gasteiger partial charge in [0.15, 0.2) is 0 Å². The highest BCUT2D eigenvalue weighted by Crippen LogP contribution is 2.20. The molecular weight excluding hydrogens is 210 g/mol. The third-order valence-electron chi connectivity index (χ3n) is 2.46. The van der Waals surface area contributed by atoms with Crippen LogP contribution in [-0.2, 0) is 6.42 Å². The number of nitrogens with one attached hydrogen (secondary N) is 2. The fraction of sp³-hybridized carbons (Fsp3) is 0.429. The molecule has 0 saturated heterocycles. The molecule has 1 heterocycles. The molecule has 0 fully saturated rings. The molecule has 0 aliphatic heterocycles. The van der Waals surface area contributed by atoms with Crippen LogP contribution in [0.3, 0.4) is 0 Å². The first-order valence-electron chi connectivity index (χ1n) is 6.05. The van der Waals surface area contributed by atoms with Crippen molar-refractivity contribution >= 4 is 18.1 Å². The lowest BCUT2D eigenvalue weighted by Gasteiger charge is -2.15. The van der Waals surface area contributed by atoms with Gasteiger partial charge in [0.2, 0.25) is 0 Å². The molecule has 3 nitrogen and oxygen atoms in total. The van der Waals surface area contributed by atoms with Crippen molar-refractivity contribution in [3.05, 3.63) is 29.5 Å². The van der Waals surface area contributed by atoms with Crippen LogP contribution in [0.15, 0.2) is 12.6 Å². The van der Waals surface area contributed by atoms with Crippen LogP contribution in [0.2, 0.25) is 0 Å². The highest BCUT2D eigenvalue weighted by atomic mass is 15.0. The van der Waals surface area contributed by atoms with Gasteiger partial charge in [-0.3, -0.25) is 0 Å². The zero-order valence-corrected chi connectivity index (χ0v) is 10.9. The van der Waals surface area contributed by atoms with Gasteiger partial charge in [0, 0.05) is 17.8 Å². The van der Waals surface area contributed by atoms with Gasteiger partial charge in [0.05, 0.1) is 5.69 Å². The minimum Gasteiger partial charge on any atom is -0.367 e. The molecule has 1 aromatic heterocycles. The zero-order chi connectivity index (χ0) is 12.8. The van der Waals surface area contributed by atoms with E-state index in [1.165, 1.54) is 6.21 Å². The van der Waals surface area contributed by atoms with E-state index in [0.717, 1.165) is 35.5 Å². The predicted molar refractivity (Wildman–Crippen MR) is 75.0 cm³/mol. The third-order valence-corrected chi connectivity index (χ3v) is 2.46. The summed E-state index contributed by atoms with van der Waals surface area (Å²) < 4.78 is 0. The minimum absolute atomic E-state index is 0.302. The highest BCUT2D eigenvalue weighted by molar-refractivity contribution is 5.87. The standard InChI is InChI=1S/C14H21N3/c1-5-7-11-8-12(6-2)17-14(13(11)9-15)16-10(3)4/h6,8-10,15H,2,5,7H2,1,3-4H3,(H,16,17). The Morgan fingerprint density at radius 1 is 1.53 bits per heavy atom. The maximum absolute atomic E-state index is 7.54. The Balaban J connectivity index is 3.27. The molecule has 0 atom stereocenters. The Morgan fingerprint density at radius 3 is 2.71 bits per heavy atom. The van der Waals surface area contributed by atoms with Crippen molar-refractivity contribution in [3.63, 3.8) is 0 Å². The number of rotatable bonds is 6. The number of anilines is 1. The SMILES string of the molecule is C=Cc1cc(CCC)c(C=N)c(NC(C)C)n1. The molecule has 0 amide bonds. The molecule has 3 heteroatoms. The van der Waals surface area contributed by atoms with E-state index in [9.17, 15) is 0 Å². The van der Waals surface area contributed by atoms with E-state index in [0.29, 0.717) is 6.04 Å². The summed E-state index contributed by atoms with van der Waals surface area (Å²) in [5.41, 5.74) is 2.92. The van der Waals surface area contributed by atoms with Gasteiger partial charge in [0.25, 0.3) is 0 Å². The molecule has 1 aromatic rings. The third kappa shape index (κ3) is 3.41. The van der Waals surface area contributed by atoms with Gasteiger partial charge in [-0.2, -0.15) is 0 Å². The van der Waals surface area contributed by atoms with E-state index in [1.807, 2.05) is 6.07 Å². The molecule has 92 valence electrons. The molecule has 17 heavy (non-hydrogen) atoms. The van der Waals surface area contributed by atoms with Crippen LogP contribution in [0, 0.1) is 5.41 Å². The summed E-state index contributed by atoms with van der Waals surface area (Å²) in [5, 5.41) is 10.8. The molecular formula is C14H21N3. The summed E-state index contributed by atoms with van der Waals surface area (Å²) in [6, 6.07) is 2.32. The van der Waals surface area contributed by atoms with Crippen LogP contribution in [0.4, 0.5) is 5.82 Å². The van der Waals surface area contributed by atoms with Gasteiger partial charge in [-0.1, -0.05) is 19.9 Å². The van der Waals surface area contributed by atoms with Crippen LogP contribution in [-0.4, -0.2) is 17.2 Å². The average molecular weight is 231 g/mol. The second kappa shape index (κ2) is 6.18. The molecule has 1 rings (SSSR count). The van der Waals surface area contributed by atoms with E-state index >= 15 is 0 Å². The number of pyridine rings is 1. The fourth-order valence-corrected chi connectivity index (χ4v) is 1.76. The summed E-state index contributed by atoms with van der Waals surface area (Å²) in [4.78, 5) is 4.46. The topological polar surface area (TPSA) is 48.8 Å². The van der Waals surface area contributed by atoms with Crippen molar-refractivity contribution in [2.45, 2.75) is 39.7 Å². The lowest BCUT2D eigenvalue weighted by Crippen LogP contribution is -2.14. The monoisotopic (exact) mass is 231 g/mol. The van der Waals surface area contributed by atoms with Gasteiger partial charge in [-0.15, -0.1) is 0 Å². The first-order chi connectivity index (χ1) is 8.12. The van der Waals surface area contributed by atoms with E-state index < -0.39 is 0 Å². The Kier molecular flexibility index (Phi) is 4.88. The van der Waals surface area contributed by atoms with Gasteiger partial charge >= 0.3 is 0 Å². The van der Waals surface area contributed by atoms with Gasteiger partial charge in [-0.25, -0.2) is 4.98 Å². The van der Waals surface area contributed by atoms with E-state index in [2.05, 4.69) is 37.7 Å². The number of hydrogen-bond donors (Lipinski definition) is 2. The first kappa shape index (κ1) is 13.4. The summed E-state index contributed by atoms with van der Waals surface area (Å²) >= 11 is 0. The number of hydrogen-bond acceptors (Lipinski definition) is 3. The van der Waals surface area contributed by atoms with Gasteiger partial charge in [-0.05, 0) is 38.0 Å². The summed E-state index contributed by atoms with van der Waals surface area (Å²) in [5.74, 6) is 0.788. The van der Waals surface area contributed by atoms with Crippen LogP contribution in [0.25, 0.3) is 6.08 Å². The molecule has 2 N–H and O–H groups in total. The van der Waals surface area contributed by atoms with Crippen LogP contribution >= 0.6 is 0 Å². The van der Waals surface area contributed by atoms with Crippen molar-refractivity contribution in [2.24, 2.45) is 0 Å². The number of nitrogens with zero attached hydrogens (tertiary/aromatic N) is 1. The van der Waals surface area contributed by atoms with Crippen molar-refractivity contribution in [2.75, 3.05) is 5.32 Å². The van der Waals surface area contributed by atoms with Gasteiger partial charge in [0.1, 0.15) is 5.82 Å². The lowest BCUT2D eigenvalue weighted by molar-refractivity contribution is 0.878. The van der Waals surface area contributed by atoms with Crippen LogP contribution < -0.4 is 5.32 Å². The molecule has 0 aliphatic carbocycles. The van der Waals surface area contributed by atoms with Crippen molar-refractivity contribution in [3.8, 4) is 0 Å². The second-order valence-electron chi connectivity index (χ2n) is 4.37. The minimum atomic E-state index is 0.302.